The van der Waals surface area contributed by atoms with E-state index in [-0.39, 0.29) is 11.6 Å². The summed E-state index contributed by atoms with van der Waals surface area (Å²) in [6, 6.07) is 0.379. The van der Waals surface area contributed by atoms with E-state index in [9.17, 15) is 0 Å². The van der Waals surface area contributed by atoms with Gasteiger partial charge >= 0.3 is 0 Å². The van der Waals surface area contributed by atoms with Gasteiger partial charge in [0.1, 0.15) is 5.82 Å². The van der Waals surface area contributed by atoms with Gasteiger partial charge in [0, 0.05) is 31.2 Å². The van der Waals surface area contributed by atoms with Crippen molar-refractivity contribution in [3.05, 3.63) is 11.3 Å². The highest BCUT2D eigenvalue weighted by atomic mass is 16.5. The van der Waals surface area contributed by atoms with Crippen LogP contribution in [0.15, 0.2) is 0 Å². The zero-order chi connectivity index (χ0) is 15.8. The van der Waals surface area contributed by atoms with Gasteiger partial charge in [0.05, 0.1) is 24.4 Å². The molecule has 1 N–H and O–H groups in total. The summed E-state index contributed by atoms with van der Waals surface area (Å²) in [5.41, 5.74) is 2.51. The second-order valence-electron chi connectivity index (χ2n) is 7.26. The molecule has 2 atom stereocenters. The van der Waals surface area contributed by atoms with Crippen LogP contribution in [0, 0.1) is 6.92 Å². The fourth-order valence-electron chi connectivity index (χ4n) is 2.81. The van der Waals surface area contributed by atoms with Crippen molar-refractivity contribution in [3.63, 3.8) is 0 Å². The van der Waals surface area contributed by atoms with Gasteiger partial charge in [-0.3, -0.25) is 4.68 Å². The molecular formula is C16H30N4O. The molecule has 0 spiro atoms. The molecule has 0 amide bonds. The van der Waals surface area contributed by atoms with Crippen LogP contribution in [-0.4, -0.2) is 40.6 Å². The molecule has 1 aromatic rings. The van der Waals surface area contributed by atoms with Gasteiger partial charge < -0.3 is 15.0 Å². The van der Waals surface area contributed by atoms with Crippen LogP contribution in [0.25, 0.3) is 0 Å². The maximum absolute atomic E-state index is 5.76. The Hall–Kier alpha value is -1.07. The number of hydrogen-bond donors (Lipinski definition) is 1. The Kier molecular flexibility index (Phi) is 4.63. The van der Waals surface area contributed by atoms with Crippen LogP contribution in [0.4, 0.5) is 5.82 Å². The van der Waals surface area contributed by atoms with Crippen molar-refractivity contribution >= 4 is 5.82 Å². The number of nitrogens with zero attached hydrogens (tertiary/aromatic N) is 3. The molecule has 5 heteroatoms. The minimum atomic E-state index is 0.101. The number of nitrogens with one attached hydrogen (secondary N) is 1. The molecule has 120 valence electrons. The van der Waals surface area contributed by atoms with Crippen molar-refractivity contribution in [1.82, 2.24) is 15.1 Å². The lowest BCUT2D eigenvalue weighted by Crippen LogP contribution is -2.48. The predicted octanol–water partition coefficient (Wildman–Crippen LogP) is 2.23. The van der Waals surface area contributed by atoms with Crippen LogP contribution >= 0.6 is 0 Å². The number of ether oxygens (including phenoxy) is 1. The van der Waals surface area contributed by atoms with Crippen molar-refractivity contribution in [1.29, 1.82) is 0 Å². The molecule has 1 fully saturated rings. The van der Waals surface area contributed by atoms with Gasteiger partial charge in [-0.15, -0.1) is 0 Å². The molecule has 2 unspecified atom stereocenters. The number of morpholine rings is 1. The quantitative estimate of drug-likeness (QED) is 0.928. The number of hydrogen-bond acceptors (Lipinski definition) is 4. The molecule has 2 heterocycles. The number of rotatable bonds is 3. The van der Waals surface area contributed by atoms with Crippen LogP contribution in [0.2, 0.25) is 0 Å². The van der Waals surface area contributed by atoms with Crippen LogP contribution in [0.3, 0.4) is 0 Å². The highest BCUT2D eigenvalue weighted by molar-refractivity contribution is 5.51. The monoisotopic (exact) mass is 294 g/mol. The minimum absolute atomic E-state index is 0.101. The molecular weight excluding hydrogens is 264 g/mol. The van der Waals surface area contributed by atoms with E-state index in [1.165, 1.54) is 11.4 Å². The first-order valence-corrected chi connectivity index (χ1v) is 7.85. The van der Waals surface area contributed by atoms with E-state index in [0.717, 1.165) is 25.4 Å². The predicted molar refractivity (Wildman–Crippen MR) is 86.8 cm³/mol. The molecule has 0 saturated carbocycles. The summed E-state index contributed by atoms with van der Waals surface area (Å²) in [5, 5.41) is 8.23. The largest absolute Gasteiger partial charge is 0.375 e. The number of anilines is 1. The molecule has 1 aliphatic heterocycles. The first kappa shape index (κ1) is 16.3. The fraction of sp³-hybridized carbons (Fsp3) is 0.812. The third kappa shape index (κ3) is 3.77. The highest BCUT2D eigenvalue weighted by Gasteiger charge is 2.29. The molecule has 1 saturated heterocycles. The Bertz CT molecular complexity index is 489. The fourth-order valence-corrected chi connectivity index (χ4v) is 2.81. The third-order valence-electron chi connectivity index (χ3n) is 3.99. The normalized spacial score (nSPS) is 23.7. The smallest absolute Gasteiger partial charge is 0.131 e. The van der Waals surface area contributed by atoms with Crippen molar-refractivity contribution in [2.24, 2.45) is 7.05 Å². The maximum Gasteiger partial charge on any atom is 0.131 e. The first-order chi connectivity index (χ1) is 9.69. The van der Waals surface area contributed by atoms with E-state index in [4.69, 9.17) is 4.74 Å². The molecule has 0 aromatic carbocycles. The first-order valence-electron chi connectivity index (χ1n) is 7.85. The second-order valence-corrected chi connectivity index (χ2v) is 7.26. The number of aryl methyl sites for hydroxylation is 2. The van der Waals surface area contributed by atoms with Gasteiger partial charge in [0.2, 0.25) is 0 Å². The molecule has 0 aliphatic carbocycles. The van der Waals surface area contributed by atoms with Crippen LogP contribution in [0.1, 0.15) is 45.9 Å². The summed E-state index contributed by atoms with van der Waals surface area (Å²) >= 11 is 0. The van der Waals surface area contributed by atoms with E-state index < -0.39 is 0 Å². The van der Waals surface area contributed by atoms with E-state index in [1.807, 2.05) is 11.7 Å². The van der Waals surface area contributed by atoms with Crippen LogP contribution in [-0.2, 0) is 18.3 Å². The van der Waals surface area contributed by atoms with Gasteiger partial charge in [-0.25, -0.2) is 0 Å². The van der Waals surface area contributed by atoms with Crippen LogP contribution < -0.4 is 10.2 Å². The van der Waals surface area contributed by atoms with E-state index >= 15 is 0 Å². The molecule has 0 radical (unpaired) electrons. The van der Waals surface area contributed by atoms with Gasteiger partial charge in [0.25, 0.3) is 0 Å². The molecule has 1 aromatic heterocycles. The van der Waals surface area contributed by atoms with Crippen molar-refractivity contribution in [2.75, 3.05) is 18.1 Å². The zero-order valence-electron chi connectivity index (χ0n) is 14.5. The minimum Gasteiger partial charge on any atom is -0.375 e. The molecule has 5 nitrogen and oxygen atoms in total. The Morgan fingerprint density at radius 2 is 2.00 bits per heavy atom. The Balaban J connectivity index is 2.29. The summed E-state index contributed by atoms with van der Waals surface area (Å²) in [6.45, 7) is 15.6. The topological polar surface area (TPSA) is 42.3 Å². The SMILES string of the molecule is Cc1nn(C)c(N2CC(C)OCC2C)c1CNC(C)(C)C. The summed E-state index contributed by atoms with van der Waals surface area (Å²) in [6.07, 6.45) is 0.264. The molecule has 1 aliphatic rings. The van der Waals surface area contributed by atoms with Crippen molar-refractivity contribution in [2.45, 2.75) is 65.8 Å². The Labute approximate surface area is 128 Å². The second kappa shape index (κ2) is 5.97. The maximum atomic E-state index is 5.76. The summed E-state index contributed by atoms with van der Waals surface area (Å²) in [7, 11) is 2.04. The Morgan fingerprint density at radius 3 is 2.62 bits per heavy atom. The average molecular weight is 294 g/mol. The van der Waals surface area contributed by atoms with E-state index in [1.54, 1.807) is 0 Å². The van der Waals surface area contributed by atoms with E-state index in [2.05, 4.69) is 56.9 Å². The zero-order valence-corrected chi connectivity index (χ0v) is 14.5. The number of aromatic nitrogens is 2. The van der Waals surface area contributed by atoms with E-state index in [0.29, 0.717) is 6.04 Å². The van der Waals surface area contributed by atoms with Crippen LogP contribution in [0.5, 0.6) is 0 Å². The summed E-state index contributed by atoms with van der Waals surface area (Å²) < 4.78 is 7.77. The van der Waals surface area contributed by atoms with Gasteiger partial charge in [-0.05, 0) is 41.5 Å². The highest BCUT2D eigenvalue weighted by Crippen LogP contribution is 2.28. The van der Waals surface area contributed by atoms with Crippen molar-refractivity contribution in [3.8, 4) is 0 Å². The standard InChI is InChI=1S/C16H30N4O/c1-11-10-21-12(2)9-20(11)15-14(8-17-16(4,5)6)13(3)18-19(15)7/h11-12,17H,8-10H2,1-7H3. The lowest BCUT2D eigenvalue weighted by atomic mass is 10.1. The van der Waals surface area contributed by atoms with Gasteiger partial charge in [0.15, 0.2) is 0 Å². The Morgan fingerprint density at radius 1 is 1.33 bits per heavy atom. The molecule has 0 bridgehead atoms. The van der Waals surface area contributed by atoms with Crippen molar-refractivity contribution < 1.29 is 4.74 Å². The van der Waals surface area contributed by atoms with Gasteiger partial charge in [-0.2, -0.15) is 5.10 Å². The third-order valence-corrected chi connectivity index (χ3v) is 3.99. The lowest BCUT2D eigenvalue weighted by Gasteiger charge is -2.39. The lowest BCUT2D eigenvalue weighted by molar-refractivity contribution is 0.0337. The summed E-state index contributed by atoms with van der Waals surface area (Å²) in [4.78, 5) is 2.44. The average Bonchev–Trinajstić information content (AvgIpc) is 2.63. The van der Waals surface area contributed by atoms with Gasteiger partial charge in [-0.1, -0.05) is 0 Å². The molecule has 2 rings (SSSR count). The molecule has 21 heavy (non-hydrogen) atoms. The summed E-state index contributed by atoms with van der Waals surface area (Å²) in [5.74, 6) is 1.23.